The molecule has 128 valence electrons. The molecule has 0 radical (unpaired) electrons. The number of benzene rings is 1. The summed E-state index contributed by atoms with van der Waals surface area (Å²) in [6, 6.07) is 11.4. The number of nitrogens with zero attached hydrogens (tertiary/aromatic N) is 1. The van der Waals surface area contributed by atoms with Gasteiger partial charge in [0.25, 0.3) is 0 Å². The predicted octanol–water partition coefficient (Wildman–Crippen LogP) is 1.91. The molecule has 1 aromatic carbocycles. The van der Waals surface area contributed by atoms with Gasteiger partial charge in [-0.25, -0.2) is 8.42 Å². The lowest BCUT2D eigenvalue weighted by Gasteiger charge is -2.36. The fraction of sp³-hybridized carbons (Fsp3) is 0.389. The first-order valence-electron chi connectivity index (χ1n) is 8.10. The molecule has 1 atom stereocenters. The van der Waals surface area contributed by atoms with Crippen LogP contribution in [0, 0.1) is 0 Å². The maximum Gasteiger partial charge on any atom is 0.186 e. The Hall–Kier alpha value is -1.92. The number of H-pyrrole nitrogens is 1. The van der Waals surface area contributed by atoms with E-state index in [4.69, 9.17) is 0 Å². The van der Waals surface area contributed by atoms with Crippen molar-refractivity contribution < 1.29 is 8.42 Å². The van der Waals surface area contributed by atoms with Gasteiger partial charge in [0.2, 0.25) is 0 Å². The van der Waals surface area contributed by atoms with E-state index in [9.17, 15) is 13.2 Å². The third-order valence-electron chi connectivity index (χ3n) is 4.50. The molecule has 5 nitrogen and oxygen atoms in total. The van der Waals surface area contributed by atoms with Crippen LogP contribution in [0.3, 0.4) is 0 Å². The fourth-order valence-electron chi connectivity index (χ4n) is 3.36. The zero-order chi connectivity index (χ0) is 17.2. The van der Waals surface area contributed by atoms with Gasteiger partial charge in [0.15, 0.2) is 5.43 Å². The number of hydrogen-bond acceptors (Lipinski definition) is 4. The molecule has 0 fully saturated rings. The minimum atomic E-state index is -3.07. The smallest absolute Gasteiger partial charge is 0.186 e. The van der Waals surface area contributed by atoms with Gasteiger partial charge in [-0.15, -0.1) is 0 Å². The summed E-state index contributed by atoms with van der Waals surface area (Å²) < 4.78 is 23.3. The monoisotopic (exact) mass is 346 g/mol. The normalized spacial score (nSPS) is 18.3. The Bertz CT molecular complexity index is 859. The zero-order valence-corrected chi connectivity index (χ0v) is 14.6. The minimum absolute atomic E-state index is 0.0139. The number of aromatic amines is 1. The second-order valence-corrected chi connectivity index (χ2v) is 8.63. The third kappa shape index (κ3) is 3.94. The number of aromatic nitrogens is 1. The quantitative estimate of drug-likeness (QED) is 0.898. The van der Waals surface area contributed by atoms with Crippen LogP contribution in [0.2, 0.25) is 0 Å². The Morgan fingerprint density at radius 3 is 2.67 bits per heavy atom. The van der Waals surface area contributed by atoms with Crippen molar-refractivity contribution >= 4 is 9.84 Å². The van der Waals surface area contributed by atoms with E-state index in [1.165, 1.54) is 12.3 Å². The molecular formula is C18H22N2O3S. The van der Waals surface area contributed by atoms with Crippen LogP contribution in [-0.2, 0) is 22.8 Å². The molecule has 0 bridgehead atoms. The first kappa shape index (κ1) is 16.9. The van der Waals surface area contributed by atoms with Gasteiger partial charge in [0.1, 0.15) is 9.84 Å². The van der Waals surface area contributed by atoms with Crippen LogP contribution in [0.25, 0.3) is 0 Å². The summed E-state index contributed by atoms with van der Waals surface area (Å²) in [5, 5.41) is 0. The highest BCUT2D eigenvalue weighted by Gasteiger charge is 2.30. The SMILES string of the molecule is CS(=O)(=O)CCC1c2c([nH]ccc2=O)CCN1Cc1ccccc1. The molecule has 0 saturated heterocycles. The van der Waals surface area contributed by atoms with E-state index in [0.717, 1.165) is 29.8 Å². The molecule has 2 aromatic rings. The van der Waals surface area contributed by atoms with Crippen molar-refractivity contribution in [1.29, 1.82) is 0 Å². The standard InChI is InChI=1S/C18H22N2O3S/c1-24(22,23)12-9-16-18-15(19-10-7-17(18)21)8-11-20(16)13-14-5-3-2-4-6-14/h2-7,10,16H,8-9,11-13H2,1H3,(H,19,21). The summed E-state index contributed by atoms with van der Waals surface area (Å²) in [5.74, 6) is 0.0801. The Balaban J connectivity index is 1.93. The number of hydrogen-bond donors (Lipinski definition) is 1. The molecule has 0 spiro atoms. The maximum absolute atomic E-state index is 12.4. The Labute approximate surface area is 142 Å². The summed E-state index contributed by atoms with van der Waals surface area (Å²) in [4.78, 5) is 17.8. The van der Waals surface area contributed by atoms with Crippen LogP contribution in [0.15, 0.2) is 47.4 Å². The highest BCUT2D eigenvalue weighted by Crippen LogP contribution is 2.30. The van der Waals surface area contributed by atoms with Gasteiger partial charge in [-0.2, -0.15) is 0 Å². The van der Waals surface area contributed by atoms with Crippen LogP contribution >= 0.6 is 0 Å². The van der Waals surface area contributed by atoms with Gasteiger partial charge >= 0.3 is 0 Å². The molecule has 1 unspecified atom stereocenters. The number of pyridine rings is 1. The van der Waals surface area contributed by atoms with E-state index >= 15 is 0 Å². The summed E-state index contributed by atoms with van der Waals surface area (Å²) in [7, 11) is -3.07. The van der Waals surface area contributed by atoms with Gasteiger partial charge in [-0.3, -0.25) is 9.69 Å². The second-order valence-electron chi connectivity index (χ2n) is 6.37. The average Bonchev–Trinajstić information content (AvgIpc) is 2.54. The molecule has 24 heavy (non-hydrogen) atoms. The lowest BCUT2D eigenvalue weighted by molar-refractivity contribution is 0.169. The highest BCUT2D eigenvalue weighted by molar-refractivity contribution is 7.90. The molecule has 0 saturated carbocycles. The van der Waals surface area contributed by atoms with Gasteiger partial charge in [0, 0.05) is 55.3 Å². The second kappa shape index (κ2) is 6.91. The molecule has 1 aliphatic rings. The number of sulfone groups is 1. The van der Waals surface area contributed by atoms with E-state index in [0.29, 0.717) is 13.0 Å². The van der Waals surface area contributed by atoms with Gasteiger partial charge in [-0.1, -0.05) is 30.3 Å². The van der Waals surface area contributed by atoms with E-state index in [1.54, 1.807) is 6.20 Å². The molecule has 1 aromatic heterocycles. The fourth-order valence-corrected chi connectivity index (χ4v) is 4.01. The molecule has 6 heteroatoms. The van der Waals surface area contributed by atoms with Crippen molar-refractivity contribution in [2.45, 2.75) is 25.4 Å². The van der Waals surface area contributed by atoms with Crippen molar-refractivity contribution in [3.8, 4) is 0 Å². The van der Waals surface area contributed by atoms with Gasteiger partial charge in [-0.05, 0) is 12.0 Å². The van der Waals surface area contributed by atoms with Crippen LogP contribution in [0.4, 0.5) is 0 Å². The number of fused-ring (bicyclic) bond motifs is 1. The largest absolute Gasteiger partial charge is 0.364 e. The van der Waals surface area contributed by atoms with Gasteiger partial charge in [0.05, 0.1) is 5.75 Å². The maximum atomic E-state index is 12.4. The average molecular weight is 346 g/mol. The first-order valence-corrected chi connectivity index (χ1v) is 10.2. The lowest BCUT2D eigenvalue weighted by atomic mass is 9.94. The Morgan fingerprint density at radius 2 is 1.96 bits per heavy atom. The molecule has 3 rings (SSSR count). The zero-order valence-electron chi connectivity index (χ0n) is 13.7. The number of rotatable bonds is 5. The third-order valence-corrected chi connectivity index (χ3v) is 5.47. The van der Waals surface area contributed by atoms with Crippen LogP contribution < -0.4 is 5.43 Å². The minimum Gasteiger partial charge on any atom is -0.364 e. The summed E-state index contributed by atoms with van der Waals surface area (Å²) in [6.45, 7) is 1.51. The molecule has 0 amide bonds. The van der Waals surface area contributed by atoms with Crippen molar-refractivity contribution in [1.82, 2.24) is 9.88 Å². The predicted molar refractivity (Wildman–Crippen MR) is 94.7 cm³/mol. The molecular weight excluding hydrogens is 324 g/mol. The van der Waals surface area contributed by atoms with Crippen LogP contribution in [0.1, 0.15) is 29.3 Å². The first-order chi connectivity index (χ1) is 11.4. The van der Waals surface area contributed by atoms with E-state index < -0.39 is 9.84 Å². The van der Waals surface area contributed by atoms with Crippen LogP contribution in [0.5, 0.6) is 0 Å². The number of nitrogens with one attached hydrogen (secondary N) is 1. The molecule has 0 aliphatic carbocycles. The highest BCUT2D eigenvalue weighted by atomic mass is 32.2. The summed E-state index contributed by atoms with van der Waals surface area (Å²) in [6.07, 6.45) is 4.12. The van der Waals surface area contributed by atoms with Crippen molar-refractivity contribution in [2.75, 3.05) is 18.6 Å². The van der Waals surface area contributed by atoms with Crippen molar-refractivity contribution in [3.05, 3.63) is 69.6 Å². The Kier molecular flexibility index (Phi) is 4.87. The topological polar surface area (TPSA) is 70.2 Å². The summed E-state index contributed by atoms with van der Waals surface area (Å²) >= 11 is 0. The van der Waals surface area contributed by atoms with Gasteiger partial charge < -0.3 is 4.98 Å². The van der Waals surface area contributed by atoms with E-state index in [1.807, 2.05) is 18.2 Å². The Morgan fingerprint density at radius 1 is 1.21 bits per heavy atom. The van der Waals surface area contributed by atoms with Crippen molar-refractivity contribution in [2.24, 2.45) is 0 Å². The van der Waals surface area contributed by atoms with E-state index in [-0.39, 0.29) is 17.2 Å². The lowest BCUT2D eigenvalue weighted by Crippen LogP contribution is -2.39. The summed E-state index contributed by atoms with van der Waals surface area (Å²) in [5.41, 5.74) is 2.81. The molecule has 1 N–H and O–H groups in total. The van der Waals surface area contributed by atoms with E-state index in [2.05, 4.69) is 22.0 Å². The molecule has 1 aliphatic heterocycles. The van der Waals surface area contributed by atoms with Crippen molar-refractivity contribution in [3.63, 3.8) is 0 Å². The molecule has 2 heterocycles. The van der Waals surface area contributed by atoms with Crippen LogP contribution in [-0.4, -0.2) is 36.9 Å².